The fraction of sp³-hybridized carbons (Fsp3) is 1.00. The lowest BCUT2D eigenvalue weighted by molar-refractivity contribution is -0.0426. The van der Waals surface area contributed by atoms with Gasteiger partial charge in [-0.05, 0) is 60.2 Å². The number of hydrogen-bond donors (Lipinski definition) is 1. The highest BCUT2D eigenvalue weighted by Gasteiger charge is 2.20. The maximum absolute atomic E-state index is 11.2. The molecule has 8 atom stereocenters. The van der Waals surface area contributed by atoms with Gasteiger partial charge in [-0.2, -0.15) is 0 Å². The van der Waals surface area contributed by atoms with E-state index in [1.54, 1.807) is 0 Å². The van der Waals surface area contributed by atoms with Crippen molar-refractivity contribution in [2.24, 2.45) is 47.3 Å². The second-order valence-corrected chi connectivity index (χ2v) is 18.4. The van der Waals surface area contributed by atoms with Crippen LogP contribution in [0.2, 0.25) is 0 Å². The molecule has 0 aliphatic heterocycles. The lowest BCUT2D eigenvalue weighted by Crippen LogP contribution is -2.26. The average molecular weight is 716 g/mol. The molecule has 6 heteroatoms. The van der Waals surface area contributed by atoms with Gasteiger partial charge in [-0.25, -0.2) is 0 Å². The zero-order valence-electron chi connectivity index (χ0n) is 34.7. The van der Waals surface area contributed by atoms with Crippen molar-refractivity contribution >= 4 is 8.25 Å². The van der Waals surface area contributed by atoms with Crippen LogP contribution in [0.1, 0.15) is 198 Å². The minimum atomic E-state index is -2.63. The number of hydrogen-bond acceptors (Lipinski definition) is 4. The third-order valence-electron chi connectivity index (χ3n) is 10.9. The quantitative estimate of drug-likeness (QED) is 0.0517. The molecule has 294 valence electrons. The highest BCUT2D eigenvalue weighted by atomic mass is 31.1. The molecule has 0 radical (unpaired) electrons. The van der Waals surface area contributed by atoms with E-state index in [0.717, 1.165) is 48.3 Å². The van der Waals surface area contributed by atoms with E-state index >= 15 is 0 Å². The molecule has 0 aromatic heterocycles. The van der Waals surface area contributed by atoms with Crippen LogP contribution in [-0.4, -0.2) is 37.4 Å². The van der Waals surface area contributed by atoms with Crippen LogP contribution in [0.4, 0.5) is 0 Å². The van der Waals surface area contributed by atoms with Crippen LogP contribution >= 0.6 is 8.25 Å². The number of rotatable bonds is 36. The van der Waals surface area contributed by atoms with Crippen molar-refractivity contribution in [3.63, 3.8) is 0 Å². The molecule has 0 saturated heterocycles. The Balaban J connectivity index is 4.06. The Morgan fingerprint density at radius 2 is 0.735 bits per heavy atom. The van der Waals surface area contributed by atoms with Crippen LogP contribution in [0.15, 0.2) is 0 Å². The molecule has 0 fully saturated rings. The van der Waals surface area contributed by atoms with Gasteiger partial charge in [0.2, 0.25) is 0 Å². The van der Waals surface area contributed by atoms with E-state index in [9.17, 15) is 4.57 Å². The highest BCUT2D eigenvalue weighted by Crippen LogP contribution is 2.25. The number of ether oxygens (including phenoxy) is 2. The van der Waals surface area contributed by atoms with Gasteiger partial charge in [-0.1, -0.05) is 185 Å². The van der Waals surface area contributed by atoms with Crippen molar-refractivity contribution in [1.82, 2.24) is 0 Å². The molecule has 0 aromatic carbocycles. The fourth-order valence-corrected chi connectivity index (χ4v) is 7.39. The Morgan fingerprint density at radius 1 is 0.429 bits per heavy atom. The highest BCUT2D eigenvalue weighted by molar-refractivity contribution is 7.32. The van der Waals surface area contributed by atoms with Gasteiger partial charge in [0.1, 0.15) is 12.7 Å². The van der Waals surface area contributed by atoms with Crippen molar-refractivity contribution in [1.29, 1.82) is 0 Å². The first-order valence-corrected chi connectivity index (χ1v) is 22.4. The zero-order valence-corrected chi connectivity index (χ0v) is 35.6. The predicted octanol–water partition coefficient (Wildman–Crippen LogP) is 14.0. The van der Waals surface area contributed by atoms with Gasteiger partial charge < -0.3 is 9.47 Å². The predicted molar refractivity (Wildman–Crippen MR) is 213 cm³/mol. The van der Waals surface area contributed by atoms with Crippen molar-refractivity contribution in [2.45, 2.75) is 204 Å². The first-order chi connectivity index (χ1) is 23.3. The lowest BCUT2D eigenvalue weighted by atomic mass is 9.91. The standard InChI is InChI=1S/C43H87O5P/c1-35(2)17-11-19-37(5)21-13-23-39(7)25-15-27-41(9)29-31-46-33-43(34-48-49(44)45)47-32-30-42(10)28-16-26-40(8)24-14-22-38(6)20-12-18-36(3)4/h35-43H,11-34H2,1-10H3/p+1/t37-,38-,39-,40-,41-,42-,43+/m1/s1. The monoisotopic (exact) mass is 716 g/mol. The molecule has 0 saturated carbocycles. The molecule has 0 aromatic rings. The van der Waals surface area contributed by atoms with Crippen molar-refractivity contribution in [3.8, 4) is 0 Å². The molecule has 5 nitrogen and oxygen atoms in total. The molecule has 0 aliphatic rings. The molecular formula is C43H88O5P+. The molecule has 0 bridgehead atoms. The molecule has 1 unspecified atom stereocenters. The molecule has 0 amide bonds. The third kappa shape index (κ3) is 34.8. The van der Waals surface area contributed by atoms with Gasteiger partial charge in [0, 0.05) is 17.8 Å². The van der Waals surface area contributed by atoms with Crippen molar-refractivity contribution < 1.29 is 23.5 Å². The average Bonchev–Trinajstić information content (AvgIpc) is 3.01. The van der Waals surface area contributed by atoms with Crippen LogP contribution in [0.5, 0.6) is 0 Å². The summed E-state index contributed by atoms with van der Waals surface area (Å²) in [6, 6.07) is 0. The van der Waals surface area contributed by atoms with E-state index in [4.69, 9.17) is 18.9 Å². The summed E-state index contributed by atoms with van der Waals surface area (Å²) in [6.07, 6.45) is 26.0. The minimum absolute atomic E-state index is 0.0953. The van der Waals surface area contributed by atoms with E-state index in [1.165, 1.54) is 116 Å². The van der Waals surface area contributed by atoms with Crippen LogP contribution < -0.4 is 0 Å². The van der Waals surface area contributed by atoms with E-state index in [0.29, 0.717) is 31.7 Å². The van der Waals surface area contributed by atoms with Gasteiger partial charge in [0.25, 0.3) is 0 Å². The second kappa shape index (κ2) is 32.6. The summed E-state index contributed by atoms with van der Waals surface area (Å²) >= 11 is 0. The Hall–Kier alpha value is -0.0600. The molecule has 0 rings (SSSR count). The lowest BCUT2D eigenvalue weighted by Gasteiger charge is -2.19. The first-order valence-electron chi connectivity index (χ1n) is 21.3. The van der Waals surface area contributed by atoms with E-state index in [2.05, 4.69) is 69.2 Å². The summed E-state index contributed by atoms with van der Waals surface area (Å²) in [5.74, 6) is 6.29. The Bertz CT molecular complexity index is 731. The summed E-state index contributed by atoms with van der Waals surface area (Å²) in [5.41, 5.74) is 0. The van der Waals surface area contributed by atoms with Gasteiger partial charge >= 0.3 is 8.25 Å². The van der Waals surface area contributed by atoms with Crippen LogP contribution in [0.3, 0.4) is 0 Å². The summed E-state index contributed by atoms with van der Waals surface area (Å²) in [7, 11) is -2.63. The van der Waals surface area contributed by atoms with Crippen LogP contribution in [-0.2, 0) is 18.6 Å². The maximum atomic E-state index is 11.2. The minimum Gasteiger partial charge on any atom is -0.379 e. The SMILES string of the molecule is CC(C)CCC[C@@H](C)CCC[C@@H](C)CCC[C@@H](C)CCOC[C@@H](CO[P+](=O)O)OCC[C@H](C)CCC[C@H](C)CCC[C@H](C)CCCC(C)C. The van der Waals surface area contributed by atoms with Gasteiger partial charge in [0.05, 0.1) is 6.61 Å². The maximum Gasteiger partial charge on any atom is 0.694 e. The molecule has 0 aliphatic carbocycles. The van der Waals surface area contributed by atoms with Gasteiger partial charge in [-0.3, -0.25) is 0 Å². The summed E-state index contributed by atoms with van der Waals surface area (Å²) in [4.78, 5) is 9.17. The Labute approximate surface area is 308 Å². The summed E-state index contributed by atoms with van der Waals surface area (Å²) < 4.78 is 28.2. The van der Waals surface area contributed by atoms with Crippen LogP contribution in [0, 0.1) is 47.3 Å². The third-order valence-corrected chi connectivity index (χ3v) is 11.3. The van der Waals surface area contributed by atoms with Crippen molar-refractivity contribution in [2.75, 3.05) is 26.4 Å². The Morgan fingerprint density at radius 3 is 1.06 bits per heavy atom. The molecule has 0 heterocycles. The van der Waals surface area contributed by atoms with E-state index in [-0.39, 0.29) is 12.7 Å². The summed E-state index contributed by atoms with van der Waals surface area (Å²) in [6.45, 7) is 25.5. The van der Waals surface area contributed by atoms with Gasteiger partial charge in [-0.15, -0.1) is 9.42 Å². The summed E-state index contributed by atoms with van der Waals surface area (Å²) in [5, 5.41) is 0. The smallest absolute Gasteiger partial charge is 0.379 e. The van der Waals surface area contributed by atoms with Crippen LogP contribution in [0.25, 0.3) is 0 Å². The van der Waals surface area contributed by atoms with E-state index in [1.807, 2.05) is 0 Å². The zero-order chi connectivity index (χ0) is 36.9. The molecular weight excluding hydrogens is 627 g/mol. The molecule has 49 heavy (non-hydrogen) atoms. The molecule has 1 N–H and O–H groups in total. The normalized spacial score (nSPS) is 16.9. The fourth-order valence-electron chi connectivity index (χ4n) is 7.10. The van der Waals surface area contributed by atoms with Gasteiger partial charge in [0.15, 0.2) is 0 Å². The molecule has 0 spiro atoms. The Kier molecular flexibility index (Phi) is 32.5. The van der Waals surface area contributed by atoms with Crippen molar-refractivity contribution in [3.05, 3.63) is 0 Å². The topological polar surface area (TPSA) is 65.0 Å². The second-order valence-electron chi connectivity index (χ2n) is 17.7. The first kappa shape index (κ1) is 48.9. The van der Waals surface area contributed by atoms with E-state index < -0.39 is 8.25 Å². The largest absolute Gasteiger partial charge is 0.694 e.